The molecule has 0 aliphatic carbocycles. The van der Waals surface area contributed by atoms with Gasteiger partial charge in [-0.05, 0) is 42.2 Å². The number of rotatable bonds is 9. The second kappa shape index (κ2) is 9.82. The number of nitrogens with one attached hydrogen (secondary N) is 2. The molecule has 0 bridgehead atoms. The second-order valence-electron chi connectivity index (χ2n) is 6.74. The van der Waals surface area contributed by atoms with E-state index in [4.69, 9.17) is 11.6 Å². The normalized spacial score (nSPS) is 13.7. The minimum absolute atomic E-state index is 0.00609. The lowest BCUT2D eigenvalue weighted by Crippen LogP contribution is -2.52. The third-order valence-electron chi connectivity index (χ3n) is 4.15. The van der Waals surface area contributed by atoms with Crippen molar-refractivity contribution in [3.05, 3.63) is 65.2 Å². The van der Waals surface area contributed by atoms with Gasteiger partial charge in [-0.25, -0.2) is 8.42 Å². The van der Waals surface area contributed by atoms with Crippen LogP contribution in [0.1, 0.15) is 19.4 Å². The fourth-order valence-corrected chi connectivity index (χ4v) is 4.08. The SMILES string of the molecule is CC(C)[C@H](NS(=O)(=O)c1ccc(Cl)cc1)C(=O)N[C@H](C=O)Cc1ccccc1. The second-order valence-corrected chi connectivity index (χ2v) is 8.89. The lowest BCUT2D eigenvalue weighted by atomic mass is 10.0. The Morgan fingerprint density at radius 3 is 2.21 bits per heavy atom. The summed E-state index contributed by atoms with van der Waals surface area (Å²) in [6, 6.07) is 13.1. The van der Waals surface area contributed by atoms with Crippen molar-refractivity contribution in [3.8, 4) is 0 Å². The van der Waals surface area contributed by atoms with Gasteiger partial charge in [-0.3, -0.25) is 4.79 Å². The summed E-state index contributed by atoms with van der Waals surface area (Å²) >= 11 is 5.80. The number of carbonyl (C=O) groups is 2. The van der Waals surface area contributed by atoms with E-state index in [1.54, 1.807) is 13.8 Å². The Morgan fingerprint density at radius 2 is 1.68 bits per heavy atom. The Hall–Kier alpha value is -2.22. The van der Waals surface area contributed by atoms with Gasteiger partial charge in [0, 0.05) is 5.02 Å². The molecule has 2 rings (SSSR count). The maximum atomic E-state index is 12.7. The van der Waals surface area contributed by atoms with E-state index in [-0.39, 0.29) is 10.8 Å². The summed E-state index contributed by atoms with van der Waals surface area (Å²) in [4.78, 5) is 24.1. The summed E-state index contributed by atoms with van der Waals surface area (Å²) in [6.45, 7) is 3.45. The molecule has 2 aromatic carbocycles. The quantitative estimate of drug-likeness (QED) is 0.607. The van der Waals surface area contributed by atoms with Gasteiger partial charge in [0.1, 0.15) is 12.3 Å². The first-order valence-electron chi connectivity index (χ1n) is 8.80. The predicted octanol–water partition coefficient (Wildman–Crippen LogP) is 2.57. The van der Waals surface area contributed by atoms with E-state index in [0.29, 0.717) is 17.7 Å². The minimum atomic E-state index is -3.93. The average molecular weight is 423 g/mol. The molecule has 0 aliphatic rings. The van der Waals surface area contributed by atoms with Crippen molar-refractivity contribution < 1.29 is 18.0 Å². The standard InChI is InChI=1S/C20H23ClN2O4S/c1-14(2)19(23-28(26,27)18-10-8-16(21)9-11-18)20(25)22-17(13-24)12-15-6-4-3-5-7-15/h3-11,13-14,17,19,23H,12H2,1-2H3,(H,22,25)/t17-,19-/m0/s1. The molecular weight excluding hydrogens is 400 g/mol. The molecule has 0 heterocycles. The molecular formula is C20H23ClN2O4S. The first-order valence-corrected chi connectivity index (χ1v) is 10.7. The highest BCUT2D eigenvalue weighted by molar-refractivity contribution is 7.89. The summed E-state index contributed by atoms with van der Waals surface area (Å²) in [5.41, 5.74) is 0.891. The highest BCUT2D eigenvalue weighted by Crippen LogP contribution is 2.16. The average Bonchev–Trinajstić information content (AvgIpc) is 2.66. The van der Waals surface area contributed by atoms with E-state index < -0.39 is 28.0 Å². The topological polar surface area (TPSA) is 92.3 Å². The maximum Gasteiger partial charge on any atom is 0.241 e. The third kappa shape index (κ3) is 6.15. The molecule has 28 heavy (non-hydrogen) atoms. The molecule has 0 unspecified atom stereocenters. The van der Waals surface area contributed by atoms with Gasteiger partial charge in [0.05, 0.1) is 10.9 Å². The first-order chi connectivity index (χ1) is 13.2. The molecule has 0 saturated heterocycles. The van der Waals surface area contributed by atoms with Gasteiger partial charge >= 0.3 is 0 Å². The zero-order valence-corrected chi connectivity index (χ0v) is 17.2. The van der Waals surface area contributed by atoms with Crippen molar-refractivity contribution in [2.75, 3.05) is 0 Å². The molecule has 0 spiro atoms. The zero-order chi connectivity index (χ0) is 20.7. The van der Waals surface area contributed by atoms with Crippen LogP contribution in [0.25, 0.3) is 0 Å². The predicted molar refractivity (Wildman–Crippen MR) is 109 cm³/mol. The highest BCUT2D eigenvalue weighted by Gasteiger charge is 2.29. The number of sulfonamides is 1. The lowest BCUT2D eigenvalue weighted by molar-refractivity contribution is -0.126. The Kier molecular flexibility index (Phi) is 7.74. The van der Waals surface area contributed by atoms with Crippen LogP contribution in [0.2, 0.25) is 5.02 Å². The number of hydrogen-bond donors (Lipinski definition) is 2. The van der Waals surface area contributed by atoms with E-state index in [1.807, 2.05) is 30.3 Å². The molecule has 0 saturated carbocycles. The largest absolute Gasteiger partial charge is 0.345 e. The number of aldehydes is 1. The van der Waals surface area contributed by atoms with Crippen LogP contribution in [0.5, 0.6) is 0 Å². The van der Waals surface area contributed by atoms with Crippen LogP contribution < -0.4 is 10.0 Å². The fourth-order valence-electron chi connectivity index (χ4n) is 2.61. The minimum Gasteiger partial charge on any atom is -0.345 e. The summed E-state index contributed by atoms with van der Waals surface area (Å²) in [5.74, 6) is -0.883. The smallest absolute Gasteiger partial charge is 0.241 e. The van der Waals surface area contributed by atoms with Crippen molar-refractivity contribution >= 4 is 33.8 Å². The van der Waals surface area contributed by atoms with Crippen molar-refractivity contribution in [1.82, 2.24) is 10.0 Å². The molecule has 0 aromatic heterocycles. The molecule has 0 aliphatic heterocycles. The Labute approximate surface area is 170 Å². The number of halogens is 1. The van der Waals surface area contributed by atoms with Crippen molar-refractivity contribution in [1.29, 1.82) is 0 Å². The van der Waals surface area contributed by atoms with Crippen LogP contribution >= 0.6 is 11.6 Å². The van der Waals surface area contributed by atoms with E-state index >= 15 is 0 Å². The Morgan fingerprint density at radius 1 is 1.07 bits per heavy atom. The number of benzene rings is 2. The summed E-state index contributed by atoms with van der Waals surface area (Å²) in [6.07, 6.45) is 0.973. The molecule has 6 nitrogen and oxygen atoms in total. The fraction of sp³-hybridized carbons (Fsp3) is 0.300. The summed E-state index contributed by atoms with van der Waals surface area (Å²) in [5, 5.41) is 3.03. The molecule has 0 radical (unpaired) electrons. The molecule has 1 amide bonds. The van der Waals surface area contributed by atoms with Crippen LogP contribution in [0.3, 0.4) is 0 Å². The van der Waals surface area contributed by atoms with Crippen LogP contribution in [0, 0.1) is 5.92 Å². The van der Waals surface area contributed by atoms with E-state index in [1.165, 1.54) is 24.3 Å². The van der Waals surface area contributed by atoms with Gasteiger partial charge in [0.15, 0.2) is 0 Å². The van der Waals surface area contributed by atoms with Gasteiger partial charge in [-0.15, -0.1) is 0 Å². The van der Waals surface area contributed by atoms with Gasteiger partial charge in [-0.1, -0.05) is 55.8 Å². The molecule has 2 aromatic rings. The van der Waals surface area contributed by atoms with Crippen LogP contribution in [0.15, 0.2) is 59.5 Å². The number of hydrogen-bond acceptors (Lipinski definition) is 4. The van der Waals surface area contributed by atoms with Gasteiger partial charge in [-0.2, -0.15) is 4.72 Å². The molecule has 8 heteroatoms. The summed E-state index contributed by atoms with van der Waals surface area (Å²) < 4.78 is 27.6. The number of carbonyl (C=O) groups excluding carboxylic acids is 2. The van der Waals surface area contributed by atoms with Gasteiger partial charge < -0.3 is 10.1 Å². The molecule has 0 fully saturated rings. The van der Waals surface area contributed by atoms with Crippen LogP contribution in [0.4, 0.5) is 0 Å². The third-order valence-corrected chi connectivity index (χ3v) is 5.85. The van der Waals surface area contributed by atoms with E-state index in [9.17, 15) is 18.0 Å². The zero-order valence-electron chi connectivity index (χ0n) is 15.6. The van der Waals surface area contributed by atoms with E-state index in [2.05, 4.69) is 10.0 Å². The Bertz CT molecular complexity index is 900. The molecule has 2 N–H and O–H groups in total. The lowest BCUT2D eigenvalue weighted by Gasteiger charge is -2.23. The van der Waals surface area contributed by atoms with Crippen molar-refractivity contribution in [2.45, 2.75) is 37.2 Å². The van der Waals surface area contributed by atoms with Crippen LogP contribution in [-0.2, 0) is 26.0 Å². The van der Waals surface area contributed by atoms with E-state index in [0.717, 1.165) is 5.56 Å². The van der Waals surface area contributed by atoms with Gasteiger partial charge in [0.2, 0.25) is 15.9 Å². The molecule has 2 atom stereocenters. The van der Waals surface area contributed by atoms with Gasteiger partial charge in [0.25, 0.3) is 0 Å². The van der Waals surface area contributed by atoms with Crippen molar-refractivity contribution in [3.63, 3.8) is 0 Å². The molecule has 150 valence electrons. The monoisotopic (exact) mass is 422 g/mol. The summed E-state index contributed by atoms with van der Waals surface area (Å²) in [7, 11) is -3.93. The van der Waals surface area contributed by atoms with Crippen LogP contribution in [-0.4, -0.2) is 32.7 Å². The Balaban J connectivity index is 2.12. The number of amides is 1. The highest BCUT2D eigenvalue weighted by atomic mass is 35.5. The first kappa shape index (κ1) is 22.1. The van der Waals surface area contributed by atoms with Crippen molar-refractivity contribution in [2.24, 2.45) is 5.92 Å². The maximum absolute atomic E-state index is 12.7.